The molecule has 0 spiro atoms. The molecule has 0 radical (unpaired) electrons. The van der Waals surface area contributed by atoms with Gasteiger partial charge in [-0.2, -0.15) is 0 Å². The topological polar surface area (TPSA) is 96.0 Å². The zero-order valence-corrected chi connectivity index (χ0v) is 26.6. The molecule has 0 saturated carbocycles. The van der Waals surface area contributed by atoms with Gasteiger partial charge in [0.05, 0.1) is 17.7 Å². The summed E-state index contributed by atoms with van der Waals surface area (Å²) in [6, 6.07) is 28.2. The van der Waals surface area contributed by atoms with Gasteiger partial charge in [0.1, 0.15) is 24.2 Å². The van der Waals surface area contributed by atoms with Crippen molar-refractivity contribution in [3.05, 3.63) is 126 Å². The summed E-state index contributed by atoms with van der Waals surface area (Å²) in [6.07, 6.45) is 0.198. The molecule has 0 aliphatic heterocycles. The highest BCUT2D eigenvalue weighted by Gasteiger charge is 2.35. The Morgan fingerprint density at radius 2 is 1.38 bits per heavy atom. The summed E-state index contributed by atoms with van der Waals surface area (Å²) in [5.41, 5.74) is 1.10. The highest BCUT2D eigenvalue weighted by atomic mass is 32.2. The predicted molar refractivity (Wildman–Crippen MR) is 173 cm³/mol. The van der Waals surface area contributed by atoms with Gasteiger partial charge in [-0.3, -0.25) is 13.9 Å². The quantitative estimate of drug-likeness (QED) is 0.220. The molecule has 236 valence electrons. The SMILES string of the molecule is COc1ccc(S(=O)(=O)N(CC(=O)N(Cc2ccccc2)[C@@H](Cc2ccccc2)C(=O)NC(C)(C)C)c2ccc(F)cc2)cc1. The summed E-state index contributed by atoms with van der Waals surface area (Å²) >= 11 is 0. The predicted octanol–water partition coefficient (Wildman–Crippen LogP) is 5.58. The third kappa shape index (κ3) is 8.92. The standard InChI is InChI=1S/C35H38FN3O5S/c1-35(2,3)37-34(41)32(23-26-11-7-5-8-12-26)38(24-27-13-9-6-10-14-27)33(40)25-39(29-17-15-28(36)16-18-29)45(42,43)31-21-19-30(44-4)20-22-31/h5-22,32H,23-25H2,1-4H3,(H,37,41)/t32-/m0/s1. The van der Waals surface area contributed by atoms with Crippen LogP contribution >= 0.6 is 0 Å². The molecule has 0 aliphatic carbocycles. The van der Waals surface area contributed by atoms with E-state index in [-0.39, 0.29) is 29.5 Å². The maximum Gasteiger partial charge on any atom is 0.264 e. The molecule has 4 aromatic rings. The fourth-order valence-corrected chi connectivity index (χ4v) is 6.21. The smallest absolute Gasteiger partial charge is 0.264 e. The number of hydrogen-bond acceptors (Lipinski definition) is 5. The molecule has 0 heterocycles. The molecule has 0 aromatic heterocycles. The lowest BCUT2D eigenvalue weighted by molar-refractivity contribution is -0.140. The van der Waals surface area contributed by atoms with Gasteiger partial charge >= 0.3 is 0 Å². The van der Waals surface area contributed by atoms with Crippen LogP contribution in [0.1, 0.15) is 31.9 Å². The fourth-order valence-electron chi connectivity index (χ4n) is 4.80. The number of hydrogen-bond donors (Lipinski definition) is 1. The number of nitrogens with one attached hydrogen (secondary N) is 1. The van der Waals surface area contributed by atoms with E-state index in [1.165, 1.54) is 48.4 Å². The summed E-state index contributed by atoms with van der Waals surface area (Å²) in [5, 5.41) is 3.00. The number of anilines is 1. The lowest BCUT2D eigenvalue weighted by Crippen LogP contribution is -2.56. The molecular weight excluding hydrogens is 593 g/mol. The number of carbonyl (C=O) groups excluding carboxylic acids is 2. The molecule has 0 fully saturated rings. The third-order valence-electron chi connectivity index (χ3n) is 7.01. The van der Waals surface area contributed by atoms with Crippen molar-refractivity contribution in [3.8, 4) is 5.75 Å². The van der Waals surface area contributed by atoms with Gasteiger partial charge in [0.25, 0.3) is 10.0 Å². The first kappa shape index (κ1) is 33.2. The van der Waals surface area contributed by atoms with Crippen LogP contribution in [0.25, 0.3) is 0 Å². The minimum atomic E-state index is -4.32. The van der Waals surface area contributed by atoms with Crippen LogP contribution in [0.4, 0.5) is 10.1 Å². The summed E-state index contributed by atoms with van der Waals surface area (Å²) < 4.78 is 48.2. The van der Waals surface area contributed by atoms with Crippen LogP contribution in [0.2, 0.25) is 0 Å². The van der Waals surface area contributed by atoms with Crippen molar-refractivity contribution in [2.75, 3.05) is 18.0 Å². The van der Waals surface area contributed by atoms with Crippen LogP contribution in [-0.2, 0) is 32.6 Å². The first-order chi connectivity index (χ1) is 21.4. The van der Waals surface area contributed by atoms with Crippen LogP contribution in [-0.4, -0.2) is 50.4 Å². The number of methoxy groups -OCH3 is 1. The Bertz CT molecular complexity index is 1680. The molecule has 2 amide bonds. The fraction of sp³-hybridized carbons (Fsp3) is 0.257. The van der Waals surface area contributed by atoms with Gasteiger partial charge in [0.15, 0.2) is 0 Å². The first-order valence-corrected chi connectivity index (χ1v) is 15.9. The first-order valence-electron chi connectivity index (χ1n) is 14.5. The lowest BCUT2D eigenvalue weighted by Gasteiger charge is -2.35. The molecule has 0 aliphatic rings. The van der Waals surface area contributed by atoms with E-state index in [9.17, 15) is 22.4 Å². The largest absolute Gasteiger partial charge is 0.497 e. The lowest BCUT2D eigenvalue weighted by atomic mass is 10.0. The van der Waals surface area contributed by atoms with Gasteiger partial charge in [-0.25, -0.2) is 12.8 Å². The Labute approximate surface area is 264 Å². The van der Waals surface area contributed by atoms with Crippen molar-refractivity contribution in [1.82, 2.24) is 10.2 Å². The number of carbonyl (C=O) groups is 2. The van der Waals surface area contributed by atoms with E-state index in [1.54, 1.807) is 0 Å². The van der Waals surface area contributed by atoms with Crippen molar-refractivity contribution >= 4 is 27.5 Å². The van der Waals surface area contributed by atoms with Crippen molar-refractivity contribution in [3.63, 3.8) is 0 Å². The molecule has 45 heavy (non-hydrogen) atoms. The average molecular weight is 632 g/mol. The van der Waals surface area contributed by atoms with Gasteiger partial charge in [-0.15, -0.1) is 0 Å². The van der Waals surface area contributed by atoms with E-state index >= 15 is 0 Å². The number of rotatable bonds is 12. The summed E-state index contributed by atoms with van der Waals surface area (Å²) in [5.74, 6) is -1.08. The second-order valence-electron chi connectivity index (χ2n) is 11.6. The average Bonchev–Trinajstić information content (AvgIpc) is 3.02. The van der Waals surface area contributed by atoms with Crippen LogP contribution < -0.4 is 14.4 Å². The number of halogens is 1. The van der Waals surface area contributed by atoms with Crippen molar-refractivity contribution in [1.29, 1.82) is 0 Å². The molecule has 4 aromatic carbocycles. The molecule has 8 nitrogen and oxygen atoms in total. The molecule has 1 atom stereocenters. The minimum Gasteiger partial charge on any atom is -0.497 e. The van der Waals surface area contributed by atoms with Crippen molar-refractivity contribution < 1.29 is 27.1 Å². The maximum atomic E-state index is 14.4. The van der Waals surface area contributed by atoms with E-state index in [1.807, 2.05) is 81.4 Å². The summed E-state index contributed by atoms with van der Waals surface area (Å²) in [7, 11) is -2.85. The van der Waals surface area contributed by atoms with E-state index in [4.69, 9.17) is 4.74 Å². The number of amides is 2. The Hall–Kier alpha value is -4.70. The molecular formula is C35H38FN3O5S. The van der Waals surface area contributed by atoms with Crippen molar-refractivity contribution in [2.24, 2.45) is 0 Å². The maximum absolute atomic E-state index is 14.4. The molecule has 0 unspecified atom stereocenters. The molecule has 0 saturated heterocycles. The monoisotopic (exact) mass is 631 g/mol. The van der Waals surface area contributed by atoms with Crippen LogP contribution in [0.15, 0.2) is 114 Å². The Balaban J connectivity index is 1.80. The second kappa shape index (κ2) is 14.4. The number of ether oxygens (including phenoxy) is 1. The van der Waals surface area contributed by atoms with Crippen molar-refractivity contribution in [2.45, 2.75) is 50.2 Å². The van der Waals surface area contributed by atoms with Gasteiger partial charge in [-0.05, 0) is 80.4 Å². The van der Waals surface area contributed by atoms with Gasteiger partial charge in [0.2, 0.25) is 11.8 Å². The van der Waals surface area contributed by atoms with Gasteiger partial charge in [0, 0.05) is 18.5 Å². The van der Waals surface area contributed by atoms with Crippen LogP contribution in [0, 0.1) is 5.82 Å². The van der Waals surface area contributed by atoms with E-state index < -0.39 is 39.9 Å². The number of nitrogens with zero attached hydrogens (tertiary/aromatic N) is 2. The Morgan fingerprint density at radius 1 is 0.822 bits per heavy atom. The highest BCUT2D eigenvalue weighted by Crippen LogP contribution is 2.27. The third-order valence-corrected chi connectivity index (χ3v) is 8.79. The Morgan fingerprint density at radius 3 is 1.91 bits per heavy atom. The summed E-state index contributed by atoms with van der Waals surface area (Å²) in [4.78, 5) is 29.6. The van der Waals surface area contributed by atoms with E-state index in [0.717, 1.165) is 27.6 Å². The summed E-state index contributed by atoms with van der Waals surface area (Å²) in [6.45, 7) is 4.97. The van der Waals surface area contributed by atoms with Gasteiger partial charge in [-0.1, -0.05) is 60.7 Å². The highest BCUT2D eigenvalue weighted by molar-refractivity contribution is 7.92. The molecule has 1 N–H and O–H groups in total. The van der Waals surface area contributed by atoms with Crippen LogP contribution in [0.3, 0.4) is 0 Å². The van der Waals surface area contributed by atoms with Crippen LogP contribution in [0.5, 0.6) is 5.75 Å². The normalized spacial score (nSPS) is 12.2. The van der Waals surface area contributed by atoms with Gasteiger partial charge < -0.3 is 15.0 Å². The molecule has 10 heteroatoms. The number of benzene rings is 4. The van der Waals surface area contributed by atoms with E-state index in [2.05, 4.69) is 5.32 Å². The Kier molecular flexibility index (Phi) is 10.6. The zero-order chi connectivity index (χ0) is 32.6. The van der Waals surface area contributed by atoms with E-state index in [0.29, 0.717) is 5.75 Å². The zero-order valence-electron chi connectivity index (χ0n) is 25.8. The minimum absolute atomic E-state index is 0.0502. The molecule has 4 rings (SSSR count). The number of sulfonamides is 1. The second-order valence-corrected chi connectivity index (χ2v) is 13.5. The molecule has 0 bridgehead atoms.